The molecule has 6 nitrogen and oxygen atoms in total. The lowest BCUT2D eigenvalue weighted by molar-refractivity contribution is -0.123. The fourth-order valence-corrected chi connectivity index (χ4v) is 2.94. The summed E-state index contributed by atoms with van der Waals surface area (Å²) in [5, 5.41) is 7.91. The molecule has 1 fully saturated rings. The van der Waals surface area contributed by atoms with Gasteiger partial charge in [0.2, 0.25) is 10.0 Å². The first-order valence-electron chi connectivity index (χ1n) is 4.35. The number of carbonyl (C=O) groups excluding carboxylic acids is 1. The Labute approximate surface area is 82.5 Å². The molecule has 0 amide bonds. The minimum absolute atomic E-state index is 0.0781. The van der Waals surface area contributed by atoms with Crippen LogP contribution in [0.1, 0.15) is 12.8 Å². The molecule has 1 saturated heterocycles. The highest BCUT2D eigenvalue weighted by Gasteiger charge is 2.33. The third-order valence-electron chi connectivity index (χ3n) is 2.29. The van der Waals surface area contributed by atoms with E-state index in [1.807, 2.05) is 0 Å². The molecule has 0 aliphatic carbocycles. The lowest BCUT2D eigenvalue weighted by atomic mass is 10.1. The van der Waals surface area contributed by atoms with Crippen molar-refractivity contribution in [1.29, 1.82) is 0 Å². The van der Waals surface area contributed by atoms with E-state index in [1.165, 1.54) is 0 Å². The second kappa shape index (κ2) is 4.35. The summed E-state index contributed by atoms with van der Waals surface area (Å²) in [6.45, 7) is -0.242. The molecule has 1 rings (SSSR count). The molecule has 4 N–H and O–H groups in total. The van der Waals surface area contributed by atoms with E-state index >= 15 is 0 Å². The molecular formula is C7H14N2O4S. The Kier molecular flexibility index (Phi) is 3.59. The summed E-state index contributed by atoms with van der Waals surface area (Å²) in [6, 6.07) is -0.889. The summed E-state index contributed by atoms with van der Waals surface area (Å²) in [5.41, 5.74) is 5.43. The van der Waals surface area contributed by atoms with Crippen molar-refractivity contribution in [2.75, 3.05) is 13.2 Å². The number of Topliss-reactive ketones (excluding diaryl/α,β-unsaturated/α-hetero) is 1. The number of carbonyl (C=O) groups is 1. The van der Waals surface area contributed by atoms with Gasteiger partial charge in [-0.1, -0.05) is 0 Å². The maximum atomic E-state index is 11.3. The van der Waals surface area contributed by atoms with Crippen LogP contribution in [0.15, 0.2) is 0 Å². The number of rotatable bonds is 4. The quantitative estimate of drug-likeness (QED) is 0.507. The summed E-state index contributed by atoms with van der Waals surface area (Å²) < 4.78 is 24.9. The Morgan fingerprint density at radius 1 is 1.64 bits per heavy atom. The predicted molar refractivity (Wildman–Crippen MR) is 50.0 cm³/mol. The van der Waals surface area contributed by atoms with Gasteiger partial charge in [-0.25, -0.2) is 13.1 Å². The van der Waals surface area contributed by atoms with Gasteiger partial charge in [-0.15, -0.1) is 0 Å². The molecule has 0 bridgehead atoms. The van der Waals surface area contributed by atoms with E-state index in [0.717, 1.165) is 0 Å². The Balaban J connectivity index is 2.57. The fourth-order valence-electron chi connectivity index (χ4n) is 1.41. The monoisotopic (exact) mass is 222 g/mol. The minimum Gasteiger partial charge on any atom is -0.389 e. The van der Waals surface area contributed by atoms with Gasteiger partial charge in [0, 0.05) is 6.54 Å². The average Bonchev–Trinajstić information content (AvgIpc) is 2.44. The molecule has 1 aliphatic heterocycles. The summed E-state index contributed by atoms with van der Waals surface area (Å²) in [7, 11) is -3.29. The SMILES string of the molecule is N[C@@H](C[C@@H]1CCNS1(=O)=O)C(=O)CO. The summed E-state index contributed by atoms with van der Waals surface area (Å²) in [4.78, 5) is 10.9. The van der Waals surface area contributed by atoms with Gasteiger partial charge in [0.25, 0.3) is 0 Å². The lowest BCUT2D eigenvalue weighted by Crippen LogP contribution is -2.38. The molecule has 0 saturated carbocycles. The summed E-state index contributed by atoms with van der Waals surface area (Å²) >= 11 is 0. The van der Waals surface area contributed by atoms with Crippen LogP contribution >= 0.6 is 0 Å². The van der Waals surface area contributed by atoms with Crippen molar-refractivity contribution in [3.8, 4) is 0 Å². The number of nitrogens with two attached hydrogens (primary N) is 1. The van der Waals surface area contributed by atoms with Crippen molar-refractivity contribution in [2.45, 2.75) is 24.1 Å². The maximum Gasteiger partial charge on any atom is 0.214 e. The summed E-state index contributed by atoms with van der Waals surface area (Å²) in [5.74, 6) is -0.521. The maximum absolute atomic E-state index is 11.3. The third kappa shape index (κ3) is 2.50. The van der Waals surface area contributed by atoms with E-state index in [2.05, 4.69) is 4.72 Å². The van der Waals surface area contributed by atoms with Crippen molar-refractivity contribution in [1.82, 2.24) is 4.72 Å². The molecule has 2 atom stereocenters. The molecule has 14 heavy (non-hydrogen) atoms. The zero-order valence-electron chi connectivity index (χ0n) is 7.64. The highest BCUT2D eigenvalue weighted by Crippen LogP contribution is 2.16. The molecule has 0 radical (unpaired) electrons. The molecule has 0 aromatic heterocycles. The Morgan fingerprint density at radius 2 is 2.29 bits per heavy atom. The first kappa shape index (κ1) is 11.6. The standard InChI is InChI=1S/C7H14N2O4S/c8-6(7(11)4-10)3-5-1-2-9-14(5,12)13/h5-6,9-10H,1-4,8H2/t5-,6-/m0/s1. The van der Waals surface area contributed by atoms with Crippen molar-refractivity contribution < 1.29 is 18.3 Å². The Bertz CT molecular complexity index is 314. The molecule has 0 aromatic rings. The third-order valence-corrected chi connectivity index (χ3v) is 4.21. The van der Waals surface area contributed by atoms with Crippen LogP contribution in [0.5, 0.6) is 0 Å². The number of aliphatic hydroxyl groups is 1. The Hall–Kier alpha value is -0.500. The molecule has 7 heteroatoms. The highest BCUT2D eigenvalue weighted by molar-refractivity contribution is 7.90. The van der Waals surface area contributed by atoms with Crippen LogP contribution < -0.4 is 10.5 Å². The van der Waals surface area contributed by atoms with Gasteiger partial charge >= 0.3 is 0 Å². The van der Waals surface area contributed by atoms with E-state index < -0.39 is 33.7 Å². The minimum atomic E-state index is -3.29. The number of hydrogen-bond acceptors (Lipinski definition) is 5. The number of ketones is 1. The number of aliphatic hydroxyl groups excluding tert-OH is 1. The van der Waals surface area contributed by atoms with E-state index in [9.17, 15) is 13.2 Å². The van der Waals surface area contributed by atoms with Crippen LogP contribution in [0.3, 0.4) is 0 Å². The average molecular weight is 222 g/mol. The lowest BCUT2D eigenvalue weighted by Gasteiger charge is -2.13. The number of nitrogens with one attached hydrogen (secondary N) is 1. The molecule has 82 valence electrons. The topological polar surface area (TPSA) is 109 Å². The predicted octanol–water partition coefficient (Wildman–Crippen LogP) is -2.04. The van der Waals surface area contributed by atoms with Crippen molar-refractivity contribution in [3.63, 3.8) is 0 Å². The van der Waals surface area contributed by atoms with Gasteiger partial charge in [0.05, 0.1) is 11.3 Å². The first-order chi connectivity index (χ1) is 6.47. The second-order valence-corrected chi connectivity index (χ2v) is 5.36. The van der Waals surface area contributed by atoms with Gasteiger partial charge < -0.3 is 10.8 Å². The number of sulfonamides is 1. The molecule has 1 heterocycles. The number of hydrogen-bond donors (Lipinski definition) is 3. The van der Waals surface area contributed by atoms with Crippen LogP contribution in [-0.2, 0) is 14.8 Å². The second-order valence-electron chi connectivity index (χ2n) is 3.32. The van der Waals surface area contributed by atoms with Gasteiger partial charge in [0.1, 0.15) is 6.61 Å². The van der Waals surface area contributed by atoms with Crippen molar-refractivity contribution in [2.24, 2.45) is 5.73 Å². The first-order valence-corrected chi connectivity index (χ1v) is 5.89. The highest BCUT2D eigenvalue weighted by atomic mass is 32.2. The molecule has 0 aromatic carbocycles. The summed E-state index contributed by atoms with van der Waals surface area (Å²) in [6.07, 6.45) is 0.545. The van der Waals surface area contributed by atoms with E-state index in [0.29, 0.717) is 13.0 Å². The van der Waals surface area contributed by atoms with Crippen LogP contribution in [-0.4, -0.2) is 43.8 Å². The van der Waals surface area contributed by atoms with Gasteiger partial charge in [-0.05, 0) is 12.8 Å². The largest absolute Gasteiger partial charge is 0.389 e. The van der Waals surface area contributed by atoms with E-state index in [4.69, 9.17) is 10.8 Å². The van der Waals surface area contributed by atoms with Crippen LogP contribution in [0.4, 0.5) is 0 Å². The van der Waals surface area contributed by atoms with Gasteiger partial charge in [-0.3, -0.25) is 4.79 Å². The smallest absolute Gasteiger partial charge is 0.214 e. The van der Waals surface area contributed by atoms with Gasteiger partial charge in [-0.2, -0.15) is 0 Å². The van der Waals surface area contributed by atoms with Gasteiger partial charge in [0.15, 0.2) is 5.78 Å². The molecule has 0 spiro atoms. The Morgan fingerprint density at radius 3 is 2.71 bits per heavy atom. The van der Waals surface area contributed by atoms with Crippen LogP contribution in [0.25, 0.3) is 0 Å². The van der Waals surface area contributed by atoms with Crippen LogP contribution in [0.2, 0.25) is 0 Å². The van der Waals surface area contributed by atoms with Crippen LogP contribution in [0, 0.1) is 0 Å². The molecular weight excluding hydrogens is 208 g/mol. The zero-order chi connectivity index (χ0) is 10.8. The van der Waals surface area contributed by atoms with Crippen molar-refractivity contribution in [3.05, 3.63) is 0 Å². The fraction of sp³-hybridized carbons (Fsp3) is 0.857. The molecule has 0 unspecified atom stereocenters. The molecule has 1 aliphatic rings. The van der Waals surface area contributed by atoms with Crippen molar-refractivity contribution >= 4 is 15.8 Å². The van der Waals surface area contributed by atoms with E-state index in [-0.39, 0.29) is 6.42 Å². The zero-order valence-corrected chi connectivity index (χ0v) is 8.46. The normalized spacial score (nSPS) is 27.4. The van der Waals surface area contributed by atoms with E-state index in [1.54, 1.807) is 0 Å².